The van der Waals surface area contributed by atoms with Crippen LogP contribution in [0.15, 0.2) is 12.1 Å². The second kappa shape index (κ2) is 8.32. The highest BCUT2D eigenvalue weighted by atomic mass is 16.6. The van der Waals surface area contributed by atoms with Crippen LogP contribution in [0, 0.1) is 0 Å². The van der Waals surface area contributed by atoms with Crippen LogP contribution in [0.1, 0.15) is 57.7 Å². The van der Waals surface area contributed by atoms with Crippen molar-refractivity contribution >= 4 is 17.9 Å². The van der Waals surface area contributed by atoms with Crippen LogP contribution in [0.3, 0.4) is 0 Å². The second-order valence-electron chi connectivity index (χ2n) is 7.30. The molecule has 0 saturated heterocycles. The number of hydrogen-bond acceptors (Lipinski definition) is 5. The van der Waals surface area contributed by atoms with Crippen molar-refractivity contribution in [1.82, 2.24) is 4.98 Å². The van der Waals surface area contributed by atoms with E-state index in [-0.39, 0.29) is 12.1 Å². The number of hydrogen-bond donors (Lipinski definition) is 0. The number of amides is 1. The van der Waals surface area contributed by atoms with Crippen molar-refractivity contribution < 1.29 is 19.1 Å². The number of rotatable bonds is 5. The first-order valence-corrected chi connectivity index (χ1v) is 8.86. The van der Waals surface area contributed by atoms with Gasteiger partial charge in [0, 0.05) is 18.7 Å². The number of methoxy groups -OCH3 is 1. The molecule has 0 unspecified atom stereocenters. The van der Waals surface area contributed by atoms with Gasteiger partial charge >= 0.3 is 12.1 Å². The summed E-state index contributed by atoms with van der Waals surface area (Å²) in [6, 6.07) is 4.06. The number of carbonyl (C=O) groups excluding carboxylic acids is 2. The highest BCUT2D eigenvalue weighted by Crippen LogP contribution is 2.27. The predicted octanol–water partition coefficient (Wildman–Crippen LogP) is 3.66. The molecule has 0 radical (unpaired) electrons. The smallest absolute Gasteiger partial charge is 0.416 e. The van der Waals surface area contributed by atoms with E-state index in [4.69, 9.17) is 9.72 Å². The van der Waals surface area contributed by atoms with Gasteiger partial charge in [-0.3, -0.25) is 9.69 Å². The third-order valence-electron chi connectivity index (χ3n) is 4.00. The van der Waals surface area contributed by atoms with Gasteiger partial charge in [-0.2, -0.15) is 0 Å². The molecule has 1 aromatic heterocycles. The van der Waals surface area contributed by atoms with Gasteiger partial charge < -0.3 is 9.47 Å². The largest absolute Gasteiger partial charge is 0.469 e. The molecule has 0 bridgehead atoms. The maximum atomic E-state index is 12.5. The van der Waals surface area contributed by atoms with Crippen molar-refractivity contribution in [3.63, 3.8) is 0 Å². The minimum Gasteiger partial charge on any atom is -0.469 e. The maximum absolute atomic E-state index is 12.5. The van der Waals surface area contributed by atoms with E-state index in [1.807, 2.05) is 26.8 Å². The summed E-state index contributed by atoms with van der Waals surface area (Å²) in [4.78, 5) is 30.0. The molecular weight excluding hydrogens is 320 g/mol. The number of anilines is 1. The van der Waals surface area contributed by atoms with E-state index in [1.54, 1.807) is 4.90 Å². The minimum absolute atomic E-state index is 0.186. The van der Waals surface area contributed by atoms with E-state index >= 15 is 0 Å². The molecule has 0 N–H and O–H groups in total. The molecule has 1 amide bonds. The lowest BCUT2D eigenvalue weighted by Crippen LogP contribution is -2.40. The normalized spacial score (nSPS) is 14.0. The maximum Gasteiger partial charge on any atom is 0.416 e. The van der Waals surface area contributed by atoms with E-state index in [0.29, 0.717) is 18.8 Å². The monoisotopic (exact) mass is 348 g/mol. The number of carbonyl (C=O) groups is 2. The van der Waals surface area contributed by atoms with Crippen molar-refractivity contribution in [2.45, 2.75) is 64.9 Å². The van der Waals surface area contributed by atoms with Gasteiger partial charge in [0.25, 0.3) is 0 Å². The Hall–Kier alpha value is -2.11. The Morgan fingerprint density at radius 3 is 2.68 bits per heavy atom. The predicted molar refractivity (Wildman–Crippen MR) is 95.7 cm³/mol. The Kier molecular flexibility index (Phi) is 6.39. The molecule has 1 aliphatic rings. The Bertz CT molecular complexity index is 622. The molecule has 1 aromatic rings. The van der Waals surface area contributed by atoms with Crippen LogP contribution < -0.4 is 4.90 Å². The molecule has 1 aliphatic heterocycles. The lowest BCUT2D eigenvalue weighted by molar-refractivity contribution is -0.140. The summed E-state index contributed by atoms with van der Waals surface area (Å²) < 4.78 is 10.2. The lowest BCUT2D eigenvalue weighted by atomic mass is 10.0. The number of ether oxygens (including phenoxy) is 2. The summed E-state index contributed by atoms with van der Waals surface area (Å²) in [6.07, 6.45) is 4.30. The highest BCUT2D eigenvalue weighted by molar-refractivity contribution is 5.88. The van der Waals surface area contributed by atoms with Crippen molar-refractivity contribution in [2.24, 2.45) is 0 Å². The first-order valence-electron chi connectivity index (χ1n) is 8.86. The topological polar surface area (TPSA) is 68.7 Å². The van der Waals surface area contributed by atoms with Crippen LogP contribution in [0.4, 0.5) is 10.6 Å². The molecule has 2 heterocycles. The van der Waals surface area contributed by atoms with Crippen molar-refractivity contribution in [3.8, 4) is 0 Å². The summed E-state index contributed by atoms with van der Waals surface area (Å²) in [5, 5.41) is 0. The summed E-state index contributed by atoms with van der Waals surface area (Å²) in [7, 11) is 1.40. The molecule has 6 nitrogen and oxygen atoms in total. The lowest BCUT2D eigenvalue weighted by Gasteiger charge is -2.31. The minimum atomic E-state index is -0.528. The number of aryl methyl sites for hydroxylation is 2. The first kappa shape index (κ1) is 19.2. The summed E-state index contributed by atoms with van der Waals surface area (Å²) >= 11 is 0. The molecule has 0 aromatic carbocycles. The highest BCUT2D eigenvalue weighted by Gasteiger charge is 2.28. The standard InChI is InChI=1S/C19H28N2O4/c1-19(2,3)25-18(23)21-13-7-8-14-11-12-15(20-17(14)21)9-5-6-10-16(22)24-4/h11-12H,5-10,13H2,1-4H3. The second-order valence-corrected chi connectivity index (χ2v) is 7.30. The van der Waals surface area contributed by atoms with Crippen LogP contribution in [-0.2, 0) is 27.1 Å². The van der Waals surface area contributed by atoms with Crippen LogP contribution in [0.2, 0.25) is 0 Å². The number of unbranched alkanes of at least 4 members (excludes halogenated alkanes) is 1. The van der Waals surface area contributed by atoms with Crippen LogP contribution in [-0.4, -0.2) is 36.3 Å². The van der Waals surface area contributed by atoms with Gasteiger partial charge in [-0.1, -0.05) is 6.07 Å². The Morgan fingerprint density at radius 2 is 2.00 bits per heavy atom. The molecule has 25 heavy (non-hydrogen) atoms. The summed E-state index contributed by atoms with van der Waals surface area (Å²) in [6.45, 7) is 6.21. The van der Waals surface area contributed by atoms with Crippen molar-refractivity contribution in [1.29, 1.82) is 0 Å². The van der Waals surface area contributed by atoms with Gasteiger partial charge in [-0.25, -0.2) is 9.78 Å². The molecule has 0 fully saturated rings. The zero-order chi connectivity index (χ0) is 18.4. The third kappa shape index (κ3) is 5.73. The average Bonchev–Trinajstić information content (AvgIpc) is 2.56. The van der Waals surface area contributed by atoms with Gasteiger partial charge in [0.15, 0.2) is 0 Å². The number of aromatic nitrogens is 1. The Labute approximate surface area is 149 Å². The Morgan fingerprint density at radius 1 is 1.24 bits per heavy atom. The quantitative estimate of drug-likeness (QED) is 0.600. The fraction of sp³-hybridized carbons (Fsp3) is 0.632. The average molecular weight is 348 g/mol. The molecule has 0 aliphatic carbocycles. The van der Waals surface area contributed by atoms with Gasteiger partial charge in [0.05, 0.1) is 7.11 Å². The van der Waals surface area contributed by atoms with Gasteiger partial charge in [0.1, 0.15) is 11.4 Å². The van der Waals surface area contributed by atoms with Crippen LogP contribution >= 0.6 is 0 Å². The summed E-state index contributed by atoms with van der Waals surface area (Å²) in [5.41, 5.74) is 1.48. The summed E-state index contributed by atoms with van der Waals surface area (Å²) in [5.74, 6) is 0.528. The van der Waals surface area contributed by atoms with E-state index in [9.17, 15) is 9.59 Å². The number of pyridine rings is 1. The number of esters is 1. The van der Waals surface area contributed by atoms with E-state index in [0.717, 1.165) is 43.4 Å². The van der Waals surface area contributed by atoms with Gasteiger partial charge in [-0.15, -0.1) is 0 Å². The SMILES string of the molecule is COC(=O)CCCCc1ccc2c(n1)N(C(=O)OC(C)(C)C)CCC2. The van der Waals surface area contributed by atoms with Crippen LogP contribution in [0.5, 0.6) is 0 Å². The van der Waals surface area contributed by atoms with Crippen molar-refractivity contribution in [3.05, 3.63) is 23.4 Å². The van der Waals surface area contributed by atoms with E-state index in [2.05, 4.69) is 10.8 Å². The molecule has 2 rings (SSSR count). The molecular formula is C19H28N2O4. The van der Waals surface area contributed by atoms with Gasteiger partial charge in [-0.05, 0) is 64.5 Å². The molecule has 6 heteroatoms. The fourth-order valence-corrected chi connectivity index (χ4v) is 2.79. The van der Waals surface area contributed by atoms with Gasteiger partial charge in [0.2, 0.25) is 0 Å². The molecule has 138 valence electrons. The Balaban J connectivity index is 2.04. The molecule has 0 atom stereocenters. The van der Waals surface area contributed by atoms with E-state index in [1.165, 1.54) is 7.11 Å². The fourth-order valence-electron chi connectivity index (χ4n) is 2.79. The van der Waals surface area contributed by atoms with E-state index < -0.39 is 5.60 Å². The number of nitrogens with zero attached hydrogens (tertiary/aromatic N) is 2. The third-order valence-corrected chi connectivity index (χ3v) is 4.00. The molecule has 0 spiro atoms. The first-order chi connectivity index (χ1) is 11.8. The number of fused-ring (bicyclic) bond motifs is 1. The zero-order valence-electron chi connectivity index (χ0n) is 15.6. The van der Waals surface area contributed by atoms with Crippen molar-refractivity contribution in [2.75, 3.05) is 18.6 Å². The zero-order valence-corrected chi connectivity index (χ0v) is 15.6. The molecule has 0 saturated carbocycles. The van der Waals surface area contributed by atoms with Crippen LogP contribution in [0.25, 0.3) is 0 Å².